The first-order valence-electron chi connectivity index (χ1n) is 8.23. The van der Waals surface area contributed by atoms with Gasteiger partial charge in [0, 0.05) is 23.2 Å². The molecule has 7 heteroatoms. The molecule has 0 N–H and O–H groups in total. The van der Waals surface area contributed by atoms with Gasteiger partial charge in [-0.15, -0.1) is 0 Å². The molecule has 1 aliphatic rings. The number of alkyl halides is 2. The zero-order valence-electron chi connectivity index (χ0n) is 14.6. The third-order valence-corrected chi connectivity index (χ3v) is 5.35. The third kappa shape index (κ3) is 2.37. The first kappa shape index (κ1) is 16.5. The van der Waals surface area contributed by atoms with Crippen molar-refractivity contribution in [3.63, 3.8) is 0 Å². The number of pyridine rings is 1. The van der Waals surface area contributed by atoms with Gasteiger partial charge in [0.1, 0.15) is 0 Å². The minimum atomic E-state index is -2.64. The van der Waals surface area contributed by atoms with E-state index in [4.69, 9.17) is 9.31 Å². The Hall–Kier alpha value is -1.99. The molecule has 3 aromatic rings. The Morgan fingerprint density at radius 1 is 1.00 bits per heavy atom. The van der Waals surface area contributed by atoms with Crippen molar-refractivity contribution in [2.24, 2.45) is 0 Å². The van der Waals surface area contributed by atoms with E-state index in [1.165, 1.54) is 6.20 Å². The molecule has 0 radical (unpaired) electrons. The Balaban J connectivity index is 1.89. The van der Waals surface area contributed by atoms with Crippen molar-refractivity contribution >= 4 is 34.4 Å². The normalized spacial score (nSPS) is 19.4. The van der Waals surface area contributed by atoms with Gasteiger partial charge in [-0.2, -0.15) is 8.78 Å². The quantitative estimate of drug-likeness (QED) is 0.662. The molecule has 4 nitrogen and oxygen atoms in total. The molecule has 3 heterocycles. The average Bonchev–Trinajstić information content (AvgIpc) is 2.97. The molecule has 4 rings (SSSR count). The Labute approximate surface area is 144 Å². The van der Waals surface area contributed by atoms with Crippen LogP contribution < -0.4 is 5.46 Å². The van der Waals surface area contributed by atoms with Crippen molar-refractivity contribution in [2.75, 3.05) is 0 Å². The van der Waals surface area contributed by atoms with Crippen LogP contribution in [0, 0.1) is 0 Å². The summed E-state index contributed by atoms with van der Waals surface area (Å²) < 4.78 is 40.5. The Kier molecular flexibility index (Phi) is 3.46. The number of fused-ring (bicyclic) bond motifs is 3. The summed E-state index contributed by atoms with van der Waals surface area (Å²) in [5.74, 6) is 0. The molecule has 130 valence electrons. The lowest BCUT2D eigenvalue weighted by molar-refractivity contribution is 0.00578. The second kappa shape index (κ2) is 5.25. The molecule has 0 unspecified atom stereocenters. The lowest BCUT2D eigenvalue weighted by Crippen LogP contribution is -2.41. The highest BCUT2D eigenvalue weighted by atomic mass is 19.3. The van der Waals surface area contributed by atoms with Crippen molar-refractivity contribution in [3.05, 3.63) is 36.7 Å². The number of benzene rings is 1. The number of rotatable bonds is 2. The highest BCUT2D eigenvalue weighted by Crippen LogP contribution is 2.37. The van der Waals surface area contributed by atoms with Gasteiger partial charge in [0.05, 0.1) is 22.2 Å². The summed E-state index contributed by atoms with van der Waals surface area (Å²) in [6.45, 7) is 5.22. The van der Waals surface area contributed by atoms with Crippen LogP contribution in [0.25, 0.3) is 21.8 Å². The largest absolute Gasteiger partial charge is 0.494 e. The summed E-state index contributed by atoms with van der Waals surface area (Å²) in [5.41, 5.74) is 0.679. The van der Waals surface area contributed by atoms with Gasteiger partial charge < -0.3 is 9.31 Å². The van der Waals surface area contributed by atoms with E-state index in [1.807, 2.05) is 39.8 Å². The lowest BCUT2D eigenvalue weighted by Gasteiger charge is -2.32. The number of hydrogen-bond acceptors (Lipinski definition) is 3. The van der Waals surface area contributed by atoms with Gasteiger partial charge >= 0.3 is 13.7 Å². The molecule has 0 saturated carbocycles. The zero-order valence-corrected chi connectivity index (χ0v) is 14.6. The van der Waals surface area contributed by atoms with Crippen molar-refractivity contribution in [2.45, 2.75) is 45.4 Å². The Morgan fingerprint density at radius 2 is 1.68 bits per heavy atom. The number of hydrogen-bond donors (Lipinski definition) is 0. The van der Waals surface area contributed by atoms with E-state index in [1.54, 1.807) is 18.3 Å². The predicted octanol–water partition coefficient (Wildman–Crippen LogP) is 3.88. The SMILES string of the molecule is CC1(C)OB(c2ccc3c4cnccc4n(C(F)F)c3c2)OC1(C)C. The van der Waals surface area contributed by atoms with Crippen LogP contribution in [0.15, 0.2) is 36.7 Å². The van der Waals surface area contributed by atoms with Crippen LogP contribution in [0.1, 0.15) is 34.2 Å². The fourth-order valence-corrected chi connectivity index (χ4v) is 3.25. The Bertz CT molecular complexity index is 952. The Morgan fingerprint density at radius 3 is 2.32 bits per heavy atom. The van der Waals surface area contributed by atoms with Gasteiger partial charge in [-0.25, -0.2) is 0 Å². The molecule has 0 aliphatic carbocycles. The first-order valence-corrected chi connectivity index (χ1v) is 8.23. The minimum absolute atomic E-state index is 0.449. The van der Waals surface area contributed by atoms with E-state index >= 15 is 0 Å². The molecule has 0 bridgehead atoms. The van der Waals surface area contributed by atoms with Gasteiger partial charge in [-0.3, -0.25) is 9.55 Å². The van der Waals surface area contributed by atoms with Gasteiger partial charge in [-0.05, 0) is 45.3 Å². The second-order valence-corrected chi connectivity index (χ2v) is 7.41. The minimum Gasteiger partial charge on any atom is -0.399 e. The standard InChI is InChI=1S/C18H19BF2N2O2/c1-17(2)18(3,4)25-19(24-17)11-5-6-12-13-10-22-8-7-14(13)23(16(20)21)15(12)9-11/h5-10,16H,1-4H3. The van der Waals surface area contributed by atoms with Crippen molar-refractivity contribution in [3.8, 4) is 0 Å². The predicted molar refractivity (Wildman–Crippen MR) is 94.2 cm³/mol. The molecular weight excluding hydrogens is 325 g/mol. The van der Waals surface area contributed by atoms with Crippen LogP contribution in [0.5, 0.6) is 0 Å². The van der Waals surface area contributed by atoms with E-state index in [9.17, 15) is 8.78 Å². The van der Waals surface area contributed by atoms with Gasteiger partial charge in [0.25, 0.3) is 0 Å². The molecule has 2 aromatic heterocycles. The maximum atomic E-state index is 13.7. The van der Waals surface area contributed by atoms with Gasteiger partial charge in [0.2, 0.25) is 0 Å². The summed E-state index contributed by atoms with van der Waals surface area (Å²) in [4.78, 5) is 4.07. The average molecular weight is 344 g/mol. The zero-order chi connectivity index (χ0) is 18.0. The number of halogens is 2. The summed E-state index contributed by atoms with van der Waals surface area (Å²) in [6.07, 6.45) is 3.14. The maximum absolute atomic E-state index is 13.7. The molecule has 0 amide bonds. The summed E-state index contributed by atoms with van der Waals surface area (Å²) in [7, 11) is -0.586. The van der Waals surface area contributed by atoms with E-state index in [-0.39, 0.29) is 0 Å². The third-order valence-electron chi connectivity index (χ3n) is 5.35. The topological polar surface area (TPSA) is 36.3 Å². The molecule has 25 heavy (non-hydrogen) atoms. The van der Waals surface area contributed by atoms with Crippen LogP contribution in [-0.4, -0.2) is 27.9 Å². The molecule has 1 saturated heterocycles. The van der Waals surface area contributed by atoms with Crippen LogP contribution in [0.3, 0.4) is 0 Å². The molecule has 1 aliphatic heterocycles. The van der Waals surface area contributed by atoms with E-state index in [0.717, 1.165) is 15.4 Å². The molecular formula is C18H19BF2N2O2. The highest BCUT2D eigenvalue weighted by Gasteiger charge is 2.51. The van der Waals surface area contributed by atoms with Crippen molar-refractivity contribution < 1.29 is 18.1 Å². The van der Waals surface area contributed by atoms with Gasteiger partial charge in [-0.1, -0.05) is 12.1 Å². The van der Waals surface area contributed by atoms with Crippen LogP contribution >= 0.6 is 0 Å². The van der Waals surface area contributed by atoms with Crippen LogP contribution in [0.2, 0.25) is 0 Å². The molecule has 0 atom stereocenters. The maximum Gasteiger partial charge on any atom is 0.494 e. The van der Waals surface area contributed by atoms with Crippen molar-refractivity contribution in [1.29, 1.82) is 0 Å². The number of nitrogens with zero attached hydrogens (tertiary/aromatic N) is 2. The summed E-state index contributed by atoms with van der Waals surface area (Å²) in [6, 6.07) is 7.03. The van der Waals surface area contributed by atoms with E-state index in [0.29, 0.717) is 16.4 Å². The van der Waals surface area contributed by atoms with E-state index < -0.39 is 24.9 Å². The van der Waals surface area contributed by atoms with Crippen LogP contribution in [-0.2, 0) is 9.31 Å². The second-order valence-electron chi connectivity index (χ2n) is 7.41. The molecule has 1 fully saturated rings. The first-order chi connectivity index (χ1) is 11.7. The van der Waals surface area contributed by atoms with Crippen LogP contribution in [0.4, 0.5) is 8.78 Å². The van der Waals surface area contributed by atoms with E-state index in [2.05, 4.69) is 4.98 Å². The molecule has 1 aromatic carbocycles. The van der Waals surface area contributed by atoms with Gasteiger partial charge in [0.15, 0.2) is 0 Å². The monoisotopic (exact) mass is 344 g/mol. The fourth-order valence-electron chi connectivity index (χ4n) is 3.25. The lowest BCUT2D eigenvalue weighted by atomic mass is 9.79. The summed E-state index contributed by atoms with van der Waals surface area (Å²) in [5, 5.41) is 1.45. The molecule has 0 spiro atoms. The fraction of sp³-hybridized carbons (Fsp3) is 0.389. The smallest absolute Gasteiger partial charge is 0.399 e. The number of aromatic nitrogens is 2. The van der Waals surface area contributed by atoms with Crippen molar-refractivity contribution in [1.82, 2.24) is 9.55 Å². The summed E-state index contributed by atoms with van der Waals surface area (Å²) >= 11 is 0. The highest BCUT2D eigenvalue weighted by molar-refractivity contribution is 6.62.